The second kappa shape index (κ2) is 6.20. The highest BCUT2D eigenvalue weighted by molar-refractivity contribution is 6.03. The molecule has 0 unspecified atom stereocenters. The molecule has 0 aliphatic heterocycles. The maximum absolute atomic E-state index is 12.7. The summed E-state index contributed by atoms with van der Waals surface area (Å²) in [6.45, 7) is 19.1. The number of esters is 1. The van der Waals surface area contributed by atoms with Crippen LogP contribution in [0.2, 0.25) is 0 Å². The van der Waals surface area contributed by atoms with E-state index in [-0.39, 0.29) is 24.7 Å². The average Bonchev–Trinajstić information content (AvgIpc) is 3.14. The summed E-state index contributed by atoms with van der Waals surface area (Å²) >= 11 is 0. The largest absolute Gasteiger partial charge is 0.510 e. The Kier molecular flexibility index (Phi) is 4.07. The second-order valence-electron chi connectivity index (χ2n) is 8.15. The van der Waals surface area contributed by atoms with Crippen molar-refractivity contribution in [3.63, 3.8) is 0 Å². The van der Waals surface area contributed by atoms with Crippen LogP contribution in [0.5, 0.6) is 0 Å². The zero-order chi connectivity index (χ0) is 19.3. The molecule has 0 saturated heterocycles. The van der Waals surface area contributed by atoms with Crippen LogP contribution in [0.25, 0.3) is 9.69 Å². The summed E-state index contributed by atoms with van der Waals surface area (Å²) in [4.78, 5) is 31.6. The van der Waals surface area contributed by atoms with Crippen LogP contribution in [0.3, 0.4) is 0 Å². The van der Waals surface area contributed by atoms with Crippen molar-refractivity contribution in [1.82, 2.24) is 0 Å². The first-order valence-electron chi connectivity index (χ1n) is 9.48. The van der Waals surface area contributed by atoms with Crippen molar-refractivity contribution < 1.29 is 14.3 Å². The topological polar surface area (TPSA) is 52.1 Å². The van der Waals surface area contributed by atoms with E-state index >= 15 is 0 Å². The van der Waals surface area contributed by atoms with Gasteiger partial charge in [-0.05, 0) is 49.2 Å². The van der Waals surface area contributed by atoms with Gasteiger partial charge in [0, 0.05) is 24.8 Å². The minimum absolute atomic E-state index is 0.0444. The number of allylic oxidation sites excluding steroid dienone is 3. The van der Waals surface area contributed by atoms with E-state index in [1.54, 1.807) is 0 Å². The molecule has 0 radical (unpaired) electrons. The van der Waals surface area contributed by atoms with E-state index < -0.39 is 11.6 Å². The van der Waals surface area contributed by atoms with Gasteiger partial charge in [0.15, 0.2) is 5.78 Å². The van der Waals surface area contributed by atoms with Gasteiger partial charge in [0.25, 0.3) is 0 Å². The maximum atomic E-state index is 12.7. The molecule has 1 saturated carbocycles. The Bertz CT molecular complexity index is 908. The molecule has 5 heteroatoms. The molecule has 2 bridgehead atoms. The van der Waals surface area contributed by atoms with Gasteiger partial charge >= 0.3 is 11.6 Å². The lowest BCUT2D eigenvalue weighted by atomic mass is 9.71. The normalized spacial score (nSPS) is 30.7. The Labute approximate surface area is 159 Å². The van der Waals surface area contributed by atoms with Crippen LogP contribution in [0.1, 0.15) is 46.0 Å². The van der Waals surface area contributed by atoms with Crippen molar-refractivity contribution >= 4 is 11.8 Å². The summed E-state index contributed by atoms with van der Waals surface area (Å²) in [5.74, 6) is 0.527. The lowest BCUT2D eigenvalue weighted by molar-refractivity contribution is -0.140. The van der Waals surface area contributed by atoms with Crippen LogP contribution in [0, 0.1) is 30.9 Å². The summed E-state index contributed by atoms with van der Waals surface area (Å²) in [5, 5.41) is 0. The summed E-state index contributed by atoms with van der Waals surface area (Å²) in [7, 11) is 0. The number of fused-ring (bicyclic) bond motifs is 5. The molecule has 4 aliphatic rings. The lowest BCUT2D eigenvalue weighted by Crippen LogP contribution is -2.33. The van der Waals surface area contributed by atoms with Gasteiger partial charge in [0.1, 0.15) is 18.6 Å². The minimum atomic E-state index is -1.28. The zero-order valence-corrected chi connectivity index (χ0v) is 15.7. The number of Topliss-reactive ketones (excluding diaryl/α,β-unsaturated/α-hetero) is 1. The molecule has 27 heavy (non-hydrogen) atoms. The smallest absolute Gasteiger partial charge is 0.461 e. The molecule has 0 aromatic carbocycles. The molecule has 4 aliphatic carbocycles. The highest BCUT2D eigenvalue weighted by Gasteiger charge is 2.59. The number of ketones is 1. The van der Waals surface area contributed by atoms with Crippen molar-refractivity contribution in [2.75, 3.05) is 6.61 Å². The standard InChI is InChI=1S/C22H22N2O3/c1-12-16-9-20(26)18(11-27-13(2)25)17(16)10-22(23-3,24-4)19-8-14-5-6-15(7-14)21(12)19/h8,14-15,21H,5-7,9-11H2,1-2H3/t14-,15+,21-/m0/s1. The molecule has 1 fully saturated rings. The predicted octanol–water partition coefficient (Wildman–Crippen LogP) is 4.05. The first-order valence-corrected chi connectivity index (χ1v) is 9.48. The van der Waals surface area contributed by atoms with Gasteiger partial charge in [-0.15, -0.1) is 0 Å². The summed E-state index contributed by atoms with van der Waals surface area (Å²) in [5.41, 5.74) is 3.05. The van der Waals surface area contributed by atoms with Gasteiger partial charge in [0.05, 0.1) is 0 Å². The highest BCUT2D eigenvalue weighted by atomic mass is 16.5. The van der Waals surface area contributed by atoms with Gasteiger partial charge in [-0.3, -0.25) is 9.59 Å². The van der Waals surface area contributed by atoms with Gasteiger partial charge in [-0.2, -0.15) is 0 Å². The van der Waals surface area contributed by atoms with Crippen molar-refractivity contribution in [3.05, 3.63) is 56.8 Å². The number of carbonyl (C=O) groups is 2. The van der Waals surface area contributed by atoms with Crippen LogP contribution >= 0.6 is 0 Å². The van der Waals surface area contributed by atoms with E-state index in [0.29, 0.717) is 23.8 Å². The SMILES string of the molecule is [C-]#[N+]C1([N+]#[C-])CC2=C(COC(C)=O)C(=O)CC2=C(C)[C@@H]2C1=C[C@H]1CC[C@@H]2C1. The average molecular weight is 362 g/mol. The fraction of sp³-hybridized carbons (Fsp3) is 0.545. The van der Waals surface area contributed by atoms with Gasteiger partial charge in [-0.25, -0.2) is 22.8 Å². The molecule has 0 amide bonds. The van der Waals surface area contributed by atoms with E-state index in [4.69, 9.17) is 17.9 Å². The first-order chi connectivity index (χ1) is 12.9. The summed E-state index contributed by atoms with van der Waals surface area (Å²) in [6, 6.07) is 0. The van der Waals surface area contributed by atoms with Gasteiger partial charge in [0.2, 0.25) is 0 Å². The number of hydrogen-bond donors (Lipinski definition) is 0. The number of ether oxygens (including phenoxy) is 1. The number of rotatable bonds is 2. The highest BCUT2D eigenvalue weighted by Crippen LogP contribution is 2.57. The van der Waals surface area contributed by atoms with Crippen molar-refractivity contribution in [2.24, 2.45) is 17.8 Å². The van der Waals surface area contributed by atoms with E-state index in [1.807, 2.05) is 0 Å². The Balaban J connectivity index is 1.91. The van der Waals surface area contributed by atoms with Crippen molar-refractivity contribution in [3.8, 4) is 0 Å². The fourth-order valence-electron chi connectivity index (χ4n) is 5.51. The molecular weight excluding hydrogens is 340 g/mol. The number of carbonyl (C=O) groups excluding carboxylic acids is 2. The monoisotopic (exact) mass is 362 g/mol. The lowest BCUT2D eigenvalue weighted by Gasteiger charge is -2.30. The Morgan fingerprint density at radius 3 is 2.70 bits per heavy atom. The van der Waals surface area contributed by atoms with Crippen LogP contribution in [0.4, 0.5) is 0 Å². The van der Waals surface area contributed by atoms with Gasteiger partial charge in [-0.1, -0.05) is 11.6 Å². The van der Waals surface area contributed by atoms with E-state index in [9.17, 15) is 9.59 Å². The van der Waals surface area contributed by atoms with Crippen LogP contribution in [0.15, 0.2) is 33.9 Å². The van der Waals surface area contributed by atoms with Gasteiger partial charge < -0.3 is 4.74 Å². The van der Waals surface area contributed by atoms with Crippen LogP contribution in [-0.4, -0.2) is 24.0 Å². The quantitative estimate of drug-likeness (QED) is 0.423. The van der Waals surface area contributed by atoms with Crippen LogP contribution < -0.4 is 0 Å². The van der Waals surface area contributed by atoms with Crippen molar-refractivity contribution in [2.45, 2.75) is 51.6 Å². The molecular formula is C22H22N2O3. The third-order valence-corrected chi connectivity index (χ3v) is 6.76. The molecule has 0 aromatic rings. The Hall–Kier alpha value is -2.66. The molecule has 3 atom stereocenters. The summed E-state index contributed by atoms with van der Waals surface area (Å²) in [6.07, 6.45) is 6.06. The fourth-order valence-corrected chi connectivity index (χ4v) is 5.51. The zero-order valence-electron chi connectivity index (χ0n) is 15.7. The predicted molar refractivity (Wildman–Crippen MR) is 98.9 cm³/mol. The molecule has 0 spiro atoms. The Morgan fingerprint density at radius 2 is 2.04 bits per heavy atom. The van der Waals surface area contributed by atoms with E-state index in [2.05, 4.69) is 22.7 Å². The Morgan fingerprint density at radius 1 is 1.30 bits per heavy atom. The molecule has 4 rings (SSSR count). The minimum Gasteiger partial charge on any atom is -0.461 e. The van der Waals surface area contributed by atoms with E-state index in [0.717, 1.165) is 41.6 Å². The third kappa shape index (κ3) is 2.57. The number of nitrogens with zero attached hydrogens (tertiary/aromatic N) is 2. The summed E-state index contributed by atoms with van der Waals surface area (Å²) < 4.78 is 5.11. The van der Waals surface area contributed by atoms with Crippen LogP contribution in [-0.2, 0) is 14.3 Å². The molecule has 5 nitrogen and oxygen atoms in total. The van der Waals surface area contributed by atoms with Crippen molar-refractivity contribution in [1.29, 1.82) is 0 Å². The number of hydrogen-bond acceptors (Lipinski definition) is 3. The van der Waals surface area contributed by atoms with E-state index in [1.165, 1.54) is 6.92 Å². The molecule has 0 aromatic heterocycles. The molecule has 0 heterocycles. The molecule has 0 N–H and O–H groups in total. The third-order valence-electron chi connectivity index (χ3n) is 6.76. The molecule has 138 valence electrons. The second-order valence-corrected chi connectivity index (χ2v) is 8.15. The first kappa shape index (κ1) is 17.7. The maximum Gasteiger partial charge on any atom is 0.510 e.